The lowest BCUT2D eigenvalue weighted by atomic mass is 10.1. The van der Waals surface area contributed by atoms with Crippen LogP contribution >= 0.6 is 0 Å². The van der Waals surface area contributed by atoms with Crippen LogP contribution in [0.2, 0.25) is 0 Å². The predicted octanol–water partition coefficient (Wildman–Crippen LogP) is 2.96. The van der Waals surface area contributed by atoms with Gasteiger partial charge in [-0.2, -0.15) is 5.26 Å². The lowest BCUT2D eigenvalue weighted by molar-refractivity contribution is 0.414. The number of hydrogen-bond donors (Lipinski definition) is 2. The Morgan fingerprint density at radius 1 is 1.24 bits per heavy atom. The first-order valence-corrected chi connectivity index (χ1v) is 8.00. The summed E-state index contributed by atoms with van der Waals surface area (Å²) in [4.78, 5) is 4.50. The van der Waals surface area contributed by atoms with Crippen LogP contribution in [0.3, 0.4) is 0 Å². The number of halogens is 1. The van der Waals surface area contributed by atoms with Gasteiger partial charge in [0.15, 0.2) is 5.96 Å². The van der Waals surface area contributed by atoms with E-state index in [1.165, 1.54) is 18.2 Å². The zero-order chi connectivity index (χ0) is 18.1. The van der Waals surface area contributed by atoms with Crippen LogP contribution in [0.25, 0.3) is 0 Å². The number of hydrogen-bond acceptors (Lipinski definition) is 3. The van der Waals surface area contributed by atoms with Crippen molar-refractivity contribution in [2.24, 2.45) is 4.99 Å². The summed E-state index contributed by atoms with van der Waals surface area (Å²) < 4.78 is 19.1. The minimum Gasteiger partial charge on any atom is -0.497 e. The molecule has 0 bridgehead atoms. The lowest BCUT2D eigenvalue weighted by Gasteiger charge is -2.12. The summed E-state index contributed by atoms with van der Waals surface area (Å²) in [7, 11) is 1.62. The van der Waals surface area contributed by atoms with Crippen molar-refractivity contribution in [3.8, 4) is 11.8 Å². The molecule has 2 aromatic rings. The highest BCUT2D eigenvalue weighted by Gasteiger charge is 2.05. The molecule has 0 aliphatic heterocycles. The fourth-order valence-electron chi connectivity index (χ4n) is 2.24. The first kappa shape index (κ1) is 18.3. The molecule has 2 rings (SSSR count). The number of ether oxygens (including phenoxy) is 1. The largest absolute Gasteiger partial charge is 0.497 e. The molecule has 0 amide bonds. The molecule has 2 aromatic carbocycles. The number of benzene rings is 2. The molecule has 0 spiro atoms. The van der Waals surface area contributed by atoms with Crippen molar-refractivity contribution < 1.29 is 9.13 Å². The number of guanidine groups is 1. The van der Waals surface area contributed by atoms with Crippen molar-refractivity contribution in [1.29, 1.82) is 5.26 Å². The summed E-state index contributed by atoms with van der Waals surface area (Å²) in [6.07, 6.45) is 0. The van der Waals surface area contributed by atoms with E-state index in [1.807, 2.05) is 37.3 Å². The molecule has 130 valence electrons. The molecule has 0 aromatic heterocycles. The molecular weight excluding hydrogens is 319 g/mol. The Morgan fingerprint density at radius 3 is 2.80 bits per heavy atom. The van der Waals surface area contributed by atoms with Crippen LogP contribution in [0, 0.1) is 17.1 Å². The SMILES string of the molecule is CCNC(=NCc1cccc(OC)c1)NCc1cc(C#N)ccc1F. The minimum atomic E-state index is -0.352. The maximum atomic E-state index is 13.9. The molecule has 0 fully saturated rings. The topological polar surface area (TPSA) is 69.4 Å². The minimum absolute atomic E-state index is 0.241. The van der Waals surface area contributed by atoms with Crippen molar-refractivity contribution >= 4 is 5.96 Å². The smallest absolute Gasteiger partial charge is 0.191 e. The van der Waals surface area contributed by atoms with Gasteiger partial charge >= 0.3 is 0 Å². The quantitative estimate of drug-likeness (QED) is 0.627. The maximum absolute atomic E-state index is 13.9. The zero-order valence-corrected chi connectivity index (χ0v) is 14.3. The van der Waals surface area contributed by atoms with E-state index >= 15 is 0 Å². The summed E-state index contributed by atoms with van der Waals surface area (Å²) in [5, 5.41) is 15.1. The zero-order valence-electron chi connectivity index (χ0n) is 14.3. The molecule has 0 saturated carbocycles. The van der Waals surface area contributed by atoms with E-state index in [9.17, 15) is 4.39 Å². The van der Waals surface area contributed by atoms with Crippen LogP contribution in [0.5, 0.6) is 5.75 Å². The van der Waals surface area contributed by atoms with Gasteiger partial charge in [0, 0.05) is 18.7 Å². The van der Waals surface area contributed by atoms with Crippen molar-refractivity contribution in [2.45, 2.75) is 20.0 Å². The fourth-order valence-corrected chi connectivity index (χ4v) is 2.24. The Kier molecular flexibility index (Phi) is 6.78. The fraction of sp³-hybridized carbons (Fsp3) is 0.263. The molecule has 0 saturated heterocycles. The van der Waals surface area contributed by atoms with Crippen LogP contribution in [0.4, 0.5) is 4.39 Å². The molecule has 2 N–H and O–H groups in total. The summed E-state index contributed by atoms with van der Waals surface area (Å²) >= 11 is 0. The van der Waals surface area contributed by atoms with Crippen molar-refractivity contribution in [3.63, 3.8) is 0 Å². The standard InChI is InChI=1S/C19H21FN4O/c1-3-22-19(23-12-15-5-4-6-17(10-15)25-2)24-13-16-9-14(11-21)7-8-18(16)20/h4-10H,3,12-13H2,1-2H3,(H2,22,23,24). The van der Waals surface area contributed by atoms with E-state index < -0.39 is 0 Å². The Balaban J connectivity index is 2.06. The molecule has 0 unspecified atom stereocenters. The summed E-state index contributed by atoms with van der Waals surface area (Å²) in [6.45, 7) is 3.35. The van der Waals surface area contributed by atoms with Gasteiger partial charge in [-0.25, -0.2) is 9.38 Å². The van der Waals surface area contributed by atoms with Gasteiger partial charge in [0.05, 0.1) is 25.3 Å². The third-order valence-corrected chi connectivity index (χ3v) is 3.52. The molecule has 0 radical (unpaired) electrons. The van der Waals surface area contributed by atoms with E-state index in [0.717, 1.165) is 11.3 Å². The van der Waals surface area contributed by atoms with Gasteiger partial charge in [0.1, 0.15) is 11.6 Å². The third-order valence-electron chi connectivity index (χ3n) is 3.52. The molecule has 0 atom stereocenters. The first-order valence-electron chi connectivity index (χ1n) is 8.00. The number of aliphatic imine (C=N–C) groups is 1. The molecular formula is C19H21FN4O. The number of rotatable bonds is 6. The average molecular weight is 340 g/mol. The first-order chi connectivity index (χ1) is 12.2. The van der Waals surface area contributed by atoms with Gasteiger partial charge in [-0.1, -0.05) is 12.1 Å². The second kappa shape index (κ2) is 9.28. The molecule has 25 heavy (non-hydrogen) atoms. The van der Waals surface area contributed by atoms with Gasteiger partial charge < -0.3 is 15.4 Å². The van der Waals surface area contributed by atoms with E-state index in [4.69, 9.17) is 10.00 Å². The van der Waals surface area contributed by atoms with E-state index in [0.29, 0.717) is 30.2 Å². The summed E-state index contributed by atoms with van der Waals surface area (Å²) in [5.74, 6) is 1.00. The number of nitrogens with one attached hydrogen (secondary N) is 2. The number of nitriles is 1. The lowest BCUT2D eigenvalue weighted by Crippen LogP contribution is -2.37. The van der Waals surface area contributed by atoms with E-state index in [1.54, 1.807) is 7.11 Å². The van der Waals surface area contributed by atoms with Crippen molar-refractivity contribution in [2.75, 3.05) is 13.7 Å². The average Bonchev–Trinajstić information content (AvgIpc) is 2.65. The third kappa shape index (κ3) is 5.50. The van der Waals surface area contributed by atoms with Crippen LogP contribution < -0.4 is 15.4 Å². The van der Waals surface area contributed by atoms with Crippen LogP contribution in [0.1, 0.15) is 23.6 Å². The van der Waals surface area contributed by atoms with Gasteiger partial charge in [0.2, 0.25) is 0 Å². The molecule has 5 nitrogen and oxygen atoms in total. The molecule has 0 aliphatic carbocycles. The Hall–Kier alpha value is -3.07. The highest BCUT2D eigenvalue weighted by Crippen LogP contribution is 2.13. The number of methoxy groups -OCH3 is 1. The number of nitrogens with zero attached hydrogens (tertiary/aromatic N) is 2. The molecule has 6 heteroatoms. The monoisotopic (exact) mass is 340 g/mol. The molecule has 0 heterocycles. The van der Waals surface area contributed by atoms with Gasteiger partial charge in [-0.15, -0.1) is 0 Å². The van der Waals surface area contributed by atoms with Crippen LogP contribution in [-0.2, 0) is 13.1 Å². The Labute approximate surface area is 147 Å². The predicted molar refractivity (Wildman–Crippen MR) is 95.8 cm³/mol. The Bertz CT molecular complexity index is 783. The van der Waals surface area contributed by atoms with Gasteiger partial charge in [-0.3, -0.25) is 0 Å². The van der Waals surface area contributed by atoms with Crippen LogP contribution in [-0.4, -0.2) is 19.6 Å². The van der Waals surface area contributed by atoms with Gasteiger partial charge in [0.25, 0.3) is 0 Å². The highest BCUT2D eigenvalue weighted by atomic mass is 19.1. The second-order valence-electron chi connectivity index (χ2n) is 5.32. The highest BCUT2D eigenvalue weighted by molar-refractivity contribution is 5.79. The maximum Gasteiger partial charge on any atom is 0.191 e. The van der Waals surface area contributed by atoms with E-state index in [2.05, 4.69) is 15.6 Å². The second-order valence-corrected chi connectivity index (χ2v) is 5.32. The van der Waals surface area contributed by atoms with Crippen molar-refractivity contribution in [3.05, 3.63) is 65.0 Å². The van der Waals surface area contributed by atoms with Crippen molar-refractivity contribution in [1.82, 2.24) is 10.6 Å². The van der Waals surface area contributed by atoms with Crippen LogP contribution in [0.15, 0.2) is 47.5 Å². The summed E-state index contributed by atoms with van der Waals surface area (Å²) in [6, 6.07) is 14.0. The normalized spacial score (nSPS) is 10.9. The molecule has 0 aliphatic rings. The van der Waals surface area contributed by atoms with Gasteiger partial charge in [-0.05, 0) is 42.8 Å². The van der Waals surface area contributed by atoms with E-state index in [-0.39, 0.29) is 12.4 Å². The summed E-state index contributed by atoms with van der Waals surface area (Å²) in [5.41, 5.74) is 1.86. The Morgan fingerprint density at radius 2 is 2.08 bits per heavy atom.